The number of nitriles is 1. The number of amides is 1. The first kappa shape index (κ1) is 21.9. The molecule has 0 radical (unpaired) electrons. The molecule has 2 aliphatic rings. The van der Waals surface area contributed by atoms with Gasteiger partial charge >= 0.3 is 0 Å². The predicted molar refractivity (Wildman–Crippen MR) is 127 cm³/mol. The topological polar surface area (TPSA) is 80.0 Å². The van der Waals surface area contributed by atoms with Gasteiger partial charge in [0.15, 0.2) is 0 Å². The van der Waals surface area contributed by atoms with Crippen LogP contribution in [0.5, 0.6) is 0 Å². The van der Waals surface area contributed by atoms with Gasteiger partial charge in [0.05, 0.1) is 28.8 Å². The number of carbonyl (C=O) groups excluding carboxylic acids is 1. The Bertz CT molecular complexity index is 1260. The van der Waals surface area contributed by atoms with E-state index in [2.05, 4.69) is 11.1 Å². The summed E-state index contributed by atoms with van der Waals surface area (Å²) in [6.45, 7) is 1.07. The highest BCUT2D eigenvalue weighted by molar-refractivity contribution is 7.91. The van der Waals surface area contributed by atoms with Crippen molar-refractivity contribution in [1.82, 2.24) is 9.88 Å². The molecule has 1 unspecified atom stereocenters. The van der Waals surface area contributed by atoms with Gasteiger partial charge in [0, 0.05) is 43.1 Å². The molecule has 0 N–H and O–H groups in total. The second-order valence-electron chi connectivity index (χ2n) is 8.97. The molecular formula is C26H24FN3O2S. The first-order valence-corrected chi connectivity index (χ1v) is 12.8. The van der Waals surface area contributed by atoms with E-state index in [1.807, 2.05) is 24.3 Å². The average molecular weight is 462 g/mol. The highest BCUT2D eigenvalue weighted by atomic mass is 32.2. The molecule has 1 aromatic heterocycles. The number of pyridine rings is 1. The lowest BCUT2D eigenvalue weighted by molar-refractivity contribution is 0.0726. The Balaban J connectivity index is 1.56. The molecule has 1 aliphatic heterocycles. The van der Waals surface area contributed by atoms with Crippen LogP contribution in [-0.4, -0.2) is 44.9 Å². The predicted octanol–water partition coefficient (Wildman–Crippen LogP) is 4.58. The Morgan fingerprint density at radius 1 is 1.21 bits per heavy atom. The van der Waals surface area contributed by atoms with Gasteiger partial charge in [-0.1, -0.05) is 35.4 Å². The molecule has 1 atom stereocenters. The van der Waals surface area contributed by atoms with Crippen LogP contribution in [0.2, 0.25) is 0 Å². The number of hydrogen-bond donors (Lipinski definition) is 0. The van der Waals surface area contributed by atoms with Crippen molar-refractivity contribution in [3.05, 3.63) is 65.6 Å². The number of carbonyl (C=O) groups is 1. The molecule has 7 heteroatoms. The zero-order valence-electron chi connectivity index (χ0n) is 18.4. The lowest BCUT2D eigenvalue weighted by Crippen LogP contribution is -2.42. The third kappa shape index (κ3) is 3.98. The van der Waals surface area contributed by atoms with Gasteiger partial charge in [0.2, 0.25) is 0 Å². The maximum Gasteiger partial charge on any atom is 0.256 e. The molecule has 5 rings (SSSR count). The number of fused-ring (bicyclic) bond motifs is 1. The zero-order valence-corrected chi connectivity index (χ0v) is 19.2. The monoisotopic (exact) mass is 461 g/mol. The number of halogens is 1. The van der Waals surface area contributed by atoms with Gasteiger partial charge in [-0.25, -0.2) is 4.39 Å². The Hall–Kier alpha value is -2.95. The molecule has 1 saturated heterocycles. The third-order valence-corrected chi connectivity index (χ3v) is 8.36. The van der Waals surface area contributed by atoms with Gasteiger partial charge in [-0.2, -0.15) is 5.26 Å². The van der Waals surface area contributed by atoms with Crippen LogP contribution in [-0.2, 0) is 16.6 Å². The molecule has 168 valence electrons. The fourth-order valence-electron chi connectivity index (χ4n) is 4.75. The normalized spacial score (nSPS) is 18.7. The van der Waals surface area contributed by atoms with E-state index in [0.29, 0.717) is 48.0 Å². The zero-order chi connectivity index (χ0) is 23.2. The smallest absolute Gasteiger partial charge is 0.256 e. The van der Waals surface area contributed by atoms with Gasteiger partial charge in [0.25, 0.3) is 5.91 Å². The van der Waals surface area contributed by atoms with Crippen LogP contribution >= 0.6 is 0 Å². The standard InChI is InChI=1S/C26H24FN3O2S/c1-33(32)20-8-12-30(13-9-20)25(31)22-15-29-23-7-6-19(27)14-21(23)24(22)17-2-4-18(5-3-17)26(16-28)10-11-26/h2-7,14-15,20H,8-13H2,1H3. The van der Waals surface area contributed by atoms with Crippen LogP contribution in [0.15, 0.2) is 48.7 Å². The van der Waals surface area contributed by atoms with E-state index in [1.54, 1.807) is 23.4 Å². The largest absolute Gasteiger partial charge is 0.616 e. The van der Waals surface area contributed by atoms with Gasteiger partial charge < -0.3 is 9.45 Å². The summed E-state index contributed by atoms with van der Waals surface area (Å²) in [4.78, 5) is 19.8. The fraction of sp³-hybridized carbons (Fsp3) is 0.346. The number of likely N-dealkylation sites (tertiary alicyclic amines) is 1. The van der Waals surface area contributed by atoms with Crippen molar-refractivity contribution in [2.75, 3.05) is 19.3 Å². The second-order valence-corrected chi connectivity index (χ2v) is 10.6. The molecule has 1 amide bonds. The maximum absolute atomic E-state index is 14.2. The molecule has 0 bridgehead atoms. The van der Waals surface area contributed by atoms with Crippen LogP contribution in [0.1, 0.15) is 41.6 Å². The van der Waals surface area contributed by atoms with Crippen molar-refractivity contribution >= 4 is 28.0 Å². The molecule has 2 fully saturated rings. The third-order valence-electron chi connectivity index (χ3n) is 6.95. The van der Waals surface area contributed by atoms with E-state index in [4.69, 9.17) is 0 Å². The Kier molecular flexibility index (Phi) is 5.59. The molecule has 0 spiro atoms. The van der Waals surface area contributed by atoms with Crippen LogP contribution in [0, 0.1) is 17.1 Å². The molecule has 1 aliphatic carbocycles. The van der Waals surface area contributed by atoms with Gasteiger partial charge in [-0.15, -0.1) is 0 Å². The van der Waals surface area contributed by atoms with Crippen molar-refractivity contribution in [3.8, 4) is 17.2 Å². The average Bonchev–Trinajstić information content (AvgIpc) is 3.64. The minimum atomic E-state index is -0.900. The summed E-state index contributed by atoms with van der Waals surface area (Å²) in [7, 11) is 0. The van der Waals surface area contributed by atoms with Crippen molar-refractivity contribution in [2.24, 2.45) is 0 Å². The lowest BCUT2D eigenvalue weighted by Gasteiger charge is -2.32. The lowest BCUT2D eigenvalue weighted by atomic mass is 9.91. The summed E-state index contributed by atoms with van der Waals surface area (Å²) in [5, 5.41) is 10.2. The summed E-state index contributed by atoms with van der Waals surface area (Å²) in [5.41, 5.74) is 3.06. The number of benzene rings is 2. The summed E-state index contributed by atoms with van der Waals surface area (Å²) in [5.74, 6) is -0.539. The number of rotatable bonds is 4. The molecular weight excluding hydrogens is 437 g/mol. The fourth-order valence-corrected chi connectivity index (χ4v) is 5.62. The molecule has 2 aromatic carbocycles. The van der Waals surface area contributed by atoms with Crippen LogP contribution in [0.25, 0.3) is 22.0 Å². The van der Waals surface area contributed by atoms with Crippen molar-refractivity contribution < 1.29 is 13.7 Å². The summed E-state index contributed by atoms with van der Waals surface area (Å²) in [6, 6.07) is 14.5. The Labute approximate surface area is 195 Å². The highest BCUT2D eigenvalue weighted by Crippen LogP contribution is 2.48. The number of piperidine rings is 1. The van der Waals surface area contributed by atoms with E-state index in [9.17, 15) is 19.0 Å². The molecule has 5 nitrogen and oxygen atoms in total. The SMILES string of the molecule is C[S+]([O-])C1CCN(C(=O)c2cnc3ccc(F)cc3c2-c2ccc(C3(C#N)CC3)cc2)CC1. The Morgan fingerprint density at radius 2 is 1.91 bits per heavy atom. The van der Waals surface area contributed by atoms with E-state index in [1.165, 1.54) is 12.1 Å². The quantitative estimate of drug-likeness (QED) is 0.533. The molecule has 3 aromatic rings. The Morgan fingerprint density at radius 3 is 2.52 bits per heavy atom. The van der Waals surface area contributed by atoms with Crippen LogP contribution in [0.4, 0.5) is 4.39 Å². The van der Waals surface area contributed by atoms with Gasteiger partial charge in [-0.05, 0) is 42.2 Å². The second kappa shape index (κ2) is 8.44. The minimum Gasteiger partial charge on any atom is -0.616 e. The first-order valence-electron chi connectivity index (χ1n) is 11.1. The number of aromatic nitrogens is 1. The van der Waals surface area contributed by atoms with Gasteiger partial charge in [0.1, 0.15) is 11.1 Å². The van der Waals surface area contributed by atoms with E-state index in [-0.39, 0.29) is 17.0 Å². The summed E-state index contributed by atoms with van der Waals surface area (Å²) in [6.07, 6.45) is 6.40. The van der Waals surface area contributed by atoms with E-state index < -0.39 is 16.6 Å². The van der Waals surface area contributed by atoms with E-state index in [0.717, 1.165) is 24.0 Å². The van der Waals surface area contributed by atoms with E-state index >= 15 is 0 Å². The van der Waals surface area contributed by atoms with Crippen molar-refractivity contribution in [1.29, 1.82) is 5.26 Å². The van der Waals surface area contributed by atoms with Crippen molar-refractivity contribution in [2.45, 2.75) is 36.3 Å². The molecule has 33 heavy (non-hydrogen) atoms. The van der Waals surface area contributed by atoms with Crippen LogP contribution in [0.3, 0.4) is 0 Å². The number of nitrogens with zero attached hydrogens (tertiary/aromatic N) is 3. The summed E-state index contributed by atoms with van der Waals surface area (Å²) < 4.78 is 26.1. The van der Waals surface area contributed by atoms with Crippen molar-refractivity contribution in [3.63, 3.8) is 0 Å². The minimum absolute atomic E-state index is 0.111. The molecule has 2 heterocycles. The maximum atomic E-state index is 14.2. The highest BCUT2D eigenvalue weighted by Gasteiger charge is 2.44. The summed E-state index contributed by atoms with van der Waals surface area (Å²) >= 11 is -0.900. The van der Waals surface area contributed by atoms with Crippen LogP contribution < -0.4 is 0 Å². The number of hydrogen-bond acceptors (Lipinski definition) is 4. The molecule has 1 saturated carbocycles. The first-order chi connectivity index (χ1) is 15.9. The van der Waals surface area contributed by atoms with Gasteiger partial charge in [-0.3, -0.25) is 9.78 Å².